The van der Waals surface area contributed by atoms with Gasteiger partial charge in [0, 0.05) is 11.9 Å². The van der Waals surface area contributed by atoms with Crippen LogP contribution in [0.25, 0.3) is 16.5 Å². The third kappa shape index (κ3) is 2.42. The molecule has 3 rings (SSSR count). The Morgan fingerprint density at radius 2 is 1.70 bits per heavy atom. The first kappa shape index (κ1) is 14.7. The van der Waals surface area contributed by atoms with Gasteiger partial charge in [0.1, 0.15) is 19.3 Å². The molecule has 0 aliphatic heterocycles. The molecule has 2 radical (unpaired) electrons. The number of hydrogen-bond acceptors (Lipinski definition) is 4. The van der Waals surface area contributed by atoms with Crippen LogP contribution in [0.1, 0.15) is 10.4 Å². The van der Waals surface area contributed by atoms with E-state index in [1.807, 2.05) is 0 Å². The molecule has 112 valence electrons. The fraction of sp³-hybridized carbons (Fsp3) is 0. The molecule has 0 aliphatic carbocycles. The van der Waals surface area contributed by atoms with E-state index in [-0.39, 0.29) is 33.3 Å². The number of carbonyl (C=O) groups is 1. The van der Waals surface area contributed by atoms with Crippen molar-refractivity contribution < 1.29 is 20.1 Å². The van der Waals surface area contributed by atoms with Gasteiger partial charge in [-0.05, 0) is 41.8 Å². The lowest BCUT2D eigenvalue weighted by atomic mass is 9.90. The lowest BCUT2D eigenvalue weighted by Crippen LogP contribution is -2.26. The van der Waals surface area contributed by atoms with Gasteiger partial charge < -0.3 is 15.3 Å². The van der Waals surface area contributed by atoms with Crippen LogP contribution in [0, 0.1) is 0 Å². The first-order valence-corrected chi connectivity index (χ1v) is 6.59. The number of fused-ring (bicyclic) bond motifs is 1. The molecule has 3 aromatic rings. The van der Waals surface area contributed by atoms with E-state index in [1.165, 1.54) is 41.1 Å². The van der Waals surface area contributed by atoms with Crippen molar-refractivity contribution in [2.24, 2.45) is 0 Å². The molecule has 7 heteroatoms. The van der Waals surface area contributed by atoms with Crippen molar-refractivity contribution in [2.45, 2.75) is 0 Å². The van der Waals surface area contributed by atoms with Crippen molar-refractivity contribution in [1.82, 2.24) is 4.57 Å². The van der Waals surface area contributed by atoms with Crippen LogP contribution >= 0.6 is 0 Å². The molecule has 1 aromatic heterocycles. The number of benzene rings is 2. The Morgan fingerprint density at radius 3 is 2.30 bits per heavy atom. The summed E-state index contributed by atoms with van der Waals surface area (Å²) < 4.78 is 1.20. The molecule has 0 amide bonds. The fourth-order valence-corrected chi connectivity index (χ4v) is 2.45. The Hall–Kier alpha value is -3.22. The lowest BCUT2D eigenvalue weighted by molar-refractivity contribution is 0.0698. The summed E-state index contributed by atoms with van der Waals surface area (Å²) in [6.07, 6.45) is 1.35. The summed E-state index contributed by atoms with van der Waals surface area (Å²) in [6, 6.07) is 8.06. The van der Waals surface area contributed by atoms with E-state index in [2.05, 4.69) is 0 Å². The van der Waals surface area contributed by atoms with Crippen LogP contribution in [-0.4, -0.2) is 33.7 Å². The minimum Gasteiger partial charge on any atom is -0.508 e. The highest BCUT2D eigenvalue weighted by Crippen LogP contribution is 2.22. The van der Waals surface area contributed by atoms with Crippen LogP contribution in [0.3, 0.4) is 0 Å². The van der Waals surface area contributed by atoms with Crippen LogP contribution in [-0.2, 0) is 0 Å². The van der Waals surface area contributed by atoms with Crippen molar-refractivity contribution in [3.8, 4) is 17.2 Å². The van der Waals surface area contributed by atoms with E-state index in [0.29, 0.717) is 5.69 Å². The highest BCUT2D eigenvalue weighted by molar-refractivity contribution is 6.39. The molecule has 2 aromatic carbocycles. The van der Waals surface area contributed by atoms with Crippen molar-refractivity contribution in [3.63, 3.8) is 0 Å². The number of nitrogens with zero attached hydrogens (tertiary/aromatic N) is 1. The Balaban J connectivity index is 2.43. The quantitative estimate of drug-likeness (QED) is 0.611. The van der Waals surface area contributed by atoms with E-state index in [1.54, 1.807) is 0 Å². The number of aromatic hydroxyl groups is 2. The summed E-state index contributed by atoms with van der Waals surface area (Å²) >= 11 is 0. The summed E-state index contributed by atoms with van der Waals surface area (Å²) in [4.78, 5) is 24.1. The molecule has 23 heavy (non-hydrogen) atoms. The second-order valence-corrected chi connectivity index (χ2v) is 5.00. The average Bonchev–Trinajstić information content (AvgIpc) is 2.51. The summed E-state index contributed by atoms with van der Waals surface area (Å²) in [7, 11) is 5.92. The Labute approximate surface area is 131 Å². The number of pyridine rings is 1. The van der Waals surface area contributed by atoms with Crippen LogP contribution < -0.4 is 11.0 Å². The van der Waals surface area contributed by atoms with Gasteiger partial charge in [-0.15, -0.1) is 0 Å². The third-order valence-corrected chi connectivity index (χ3v) is 3.49. The van der Waals surface area contributed by atoms with Gasteiger partial charge in [0.2, 0.25) is 0 Å². The molecule has 1 heterocycles. The van der Waals surface area contributed by atoms with Crippen molar-refractivity contribution in [1.29, 1.82) is 0 Å². The molecule has 3 N–H and O–H groups in total. The van der Waals surface area contributed by atoms with Crippen molar-refractivity contribution in [2.75, 3.05) is 0 Å². The SMILES string of the molecule is [B]c1cn(-c2ccc(O)cc2)c(=O)c2c(C(=O)O)cc(O)cc12. The topological polar surface area (TPSA) is 99.8 Å². The smallest absolute Gasteiger partial charge is 0.336 e. The van der Waals surface area contributed by atoms with E-state index in [0.717, 1.165) is 6.07 Å². The third-order valence-electron chi connectivity index (χ3n) is 3.49. The predicted octanol–water partition coefficient (Wildman–Crippen LogP) is 0.894. The number of phenolic OH excluding ortho intramolecular Hbond substituents is 2. The van der Waals surface area contributed by atoms with Gasteiger partial charge >= 0.3 is 5.97 Å². The number of aromatic carboxylic acids is 1. The molecule has 0 atom stereocenters. The second kappa shape index (κ2) is 5.21. The minimum absolute atomic E-state index is 0.0340. The van der Waals surface area contributed by atoms with Crippen molar-refractivity contribution in [3.05, 3.63) is 58.5 Å². The molecule has 0 aliphatic rings. The molecule has 0 bridgehead atoms. The Kier molecular flexibility index (Phi) is 3.33. The number of phenols is 2. The second-order valence-electron chi connectivity index (χ2n) is 5.00. The average molecular weight is 307 g/mol. The molecular formula is C16H10BNO5. The molecule has 0 fully saturated rings. The standard InChI is InChI=1S/C16H10BNO5/c17-13-7-18(8-1-3-9(19)4-2-8)15(21)14-11(13)5-10(20)6-12(14)16(22)23/h1-7,19-20H,(H,22,23). The largest absolute Gasteiger partial charge is 0.508 e. The highest BCUT2D eigenvalue weighted by atomic mass is 16.4. The van der Waals surface area contributed by atoms with Crippen LogP contribution in [0.2, 0.25) is 0 Å². The summed E-state index contributed by atoms with van der Waals surface area (Å²) in [5.41, 5.74) is -0.348. The number of carboxylic acid groups (broad SMARTS) is 1. The van der Waals surface area contributed by atoms with Crippen LogP contribution in [0.4, 0.5) is 0 Å². The maximum Gasteiger partial charge on any atom is 0.336 e. The molecule has 0 saturated heterocycles. The number of carboxylic acids is 1. The van der Waals surface area contributed by atoms with Crippen molar-refractivity contribution >= 4 is 30.1 Å². The zero-order chi connectivity index (χ0) is 16.7. The number of hydrogen-bond donors (Lipinski definition) is 3. The molecule has 0 unspecified atom stereocenters. The summed E-state index contributed by atoms with van der Waals surface area (Å²) in [6.45, 7) is 0. The van der Waals surface area contributed by atoms with E-state index in [4.69, 9.17) is 7.85 Å². The monoisotopic (exact) mass is 307 g/mol. The molecular weight excluding hydrogens is 297 g/mol. The van der Waals surface area contributed by atoms with Gasteiger partial charge in [-0.25, -0.2) is 4.79 Å². The molecule has 6 nitrogen and oxygen atoms in total. The Morgan fingerprint density at radius 1 is 1.04 bits per heavy atom. The van der Waals surface area contributed by atoms with E-state index < -0.39 is 11.5 Å². The normalized spacial score (nSPS) is 10.8. The van der Waals surface area contributed by atoms with Gasteiger partial charge in [0.05, 0.1) is 10.9 Å². The molecule has 0 spiro atoms. The zero-order valence-corrected chi connectivity index (χ0v) is 11.7. The van der Waals surface area contributed by atoms with Gasteiger partial charge in [-0.1, -0.05) is 5.46 Å². The maximum atomic E-state index is 12.7. The van der Waals surface area contributed by atoms with Crippen LogP contribution in [0.5, 0.6) is 11.5 Å². The number of rotatable bonds is 2. The minimum atomic E-state index is -1.34. The first-order valence-electron chi connectivity index (χ1n) is 6.59. The zero-order valence-electron chi connectivity index (χ0n) is 11.7. The summed E-state index contributed by atoms with van der Waals surface area (Å²) in [5, 5.41) is 28.3. The van der Waals surface area contributed by atoms with Crippen LogP contribution in [0.15, 0.2) is 47.4 Å². The van der Waals surface area contributed by atoms with Gasteiger partial charge in [-0.2, -0.15) is 0 Å². The highest BCUT2D eigenvalue weighted by Gasteiger charge is 2.17. The maximum absolute atomic E-state index is 12.7. The Bertz CT molecular complexity index is 992. The fourth-order valence-electron chi connectivity index (χ4n) is 2.45. The lowest BCUT2D eigenvalue weighted by Gasteiger charge is -2.12. The molecule has 0 saturated carbocycles. The summed E-state index contributed by atoms with van der Waals surface area (Å²) in [5.74, 6) is -1.60. The first-order chi connectivity index (χ1) is 10.9. The van der Waals surface area contributed by atoms with Gasteiger partial charge in [0.15, 0.2) is 0 Å². The van der Waals surface area contributed by atoms with E-state index >= 15 is 0 Å². The van der Waals surface area contributed by atoms with Gasteiger partial charge in [-0.3, -0.25) is 9.36 Å². The predicted molar refractivity (Wildman–Crippen MR) is 85.2 cm³/mol. The van der Waals surface area contributed by atoms with Gasteiger partial charge in [0.25, 0.3) is 5.56 Å². The van der Waals surface area contributed by atoms with E-state index in [9.17, 15) is 24.9 Å². The number of aromatic nitrogens is 1.